The zero-order valence-corrected chi connectivity index (χ0v) is 10.7. The molecule has 1 heterocycles. The molecule has 1 amide bonds. The Morgan fingerprint density at radius 2 is 2.14 bits per heavy atom. The lowest BCUT2D eigenvalue weighted by atomic mass is 10.2. The van der Waals surface area contributed by atoms with Gasteiger partial charge in [-0.1, -0.05) is 5.21 Å². The number of hydrogen-bond acceptors (Lipinski definition) is 5. The fourth-order valence-electron chi connectivity index (χ4n) is 1.59. The third-order valence-corrected chi connectivity index (χ3v) is 2.51. The molecule has 0 aliphatic heterocycles. The third-order valence-electron chi connectivity index (χ3n) is 2.51. The lowest BCUT2D eigenvalue weighted by molar-refractivity contribution is -0.137. The highest BCUT2D eigenvalue weighted by atomic mass is 19.1. The van der Waals surface area contributed by atoms with Crippen LogP contribution in [0.5, 0.6) is 5.75 Å². The molecule has 8 nitrogen and oxygen atoms in total. The molecule has 3 N–H and O–H groups in total. The van der Waals surface area contributed by atoms with Gasteiger partial charge in [-0.2, -0.15) is 0 Å². The Labute approximate surface area is 117 Å². The van der Waals surface area contributed by atoms with E-state index in [1.807, 2.05) is 0 Å². The van der Waals surface area contributed by atoms with E-state index in [2.05, 4.69) is 15.6 Å². The zero-order valence-electron chi connectivity index (χ0n) is 10.7. The number of halogens is 1. The molecule has 2 rings (SSSR count). The number of carboxylic acids is 1. The van der Waals surface area contributed by atoms with E-state index in [1.54, 1.807) is 0 Å². The number of phenolic OH excluding ortho intramolecular Hbond substituents is 1. The molecule has 21 heavy (non-hydrogen) atoms. The summed E-state index contributed by atoms with van der Waals surface area (Å²) in [7, 11) is 0. The summed E-state index contributed by atoms with van der Waals surface area (Å²) in [6, 6.07) is 3.18. The lowest BCUT2D eigenvalue weighted by Crippen LogP contribution is -2.24. The van der Waals surface area contributed by atoms with Gasteiger partial charge in [0.25, 0.3) is 5.91 Å². The Morgan fingerprint density at radius 3 is 2.81 bits per heavy atom. The molecule has 9 heteroatoms. The summed E-state index contributed by atoms with van der Waals surface area (Å²) in [6.07, 6.45) is 1.36. The Balaban J connectivity index is 1.97. The fourth-order valence-corrected chi connectivity index (χ4v) is 1.59. The van der Waals surface area contributed by atoms with Crippen LogP contribution in [-0.2, 0) is 17.9 Å². The number of benzene rings is 1. The van der Waals surface area contributed by atoms with Crippen molar-refractivity contribution in [2.45, 2.75) is 13.1 Å². The predicted molar refractivity (Wildman–Crippen MR) is 66.9 cm³/mol. The van der Waals surface area contributed by atoms with E-state index >= 15 is 0 Å². The van der Waals surface area contributed by atoms with Crippen molar-refractivity contribution in [3.05, 3.63) is 41.5 Å². The molecular weight excluding hydrogens is 283 g/mol. The van der Waals surface area contributed by atoms with Crippen molar-refractivity contribution < 1.29 is 24.2 Å². The van der Waals surface area contributed by atoms with Gasteiger partial charge in [0, 0.05) is 6.07 Å². The number of amides is 1. The Hall–Kier alpha value is -2.97. The van der Waals surface area contributed by atoms with Gasteiger partial charge in [0.05, 0.1) is 18.3 Å². The highest BCUT2D eigenvalue weighted by Crippen LogP contribution is 2.14. The van der Waals surface area contributed by atoms with Gasteiger partial charge >= 0.3 is 5.97 Å². The van der Waals surface area contributed by atoms with Crippen molar-refractivity contribution in [3.63, 3.8) is 0 Å². The number of carbonyl (C=O) groups is 2. The zero-order chi connectivity index (χ0) is 15.4. The van der Waals surface area contributed by atoms with Crippen LogP contribution in [0.3, 0.4) is 0 Å². The molecule has 0 atom stereocenters. The van der Waals surface area contributed by atoms with E-state index in [4.69, 9.17) is 10.2 Å². The molecule has 1 aromatic carbocycles. The first-order valence-electron chi connectivity index (χ1n) is 5.83. The fraction of sp³-hybridized carbons (Fsp3) is 0.167. The molecule has 0 fully saturated rings. The molecule has 110 valence electrons. The summed E-state index contributed by atoms with van der Waals surface area (Å²) >= 11 is 0. The highest BCUT2D eigenvalue weighted by molar-refractivity contribution is 5.94. The lowest BCUT2D eigenvalue weighted by Gasteiger charge is -2.04. The number of hydrogen-bond donors (Lipinski definition) is 3. The van der Waals surface area contributed by atoms with Gasteiger partial charge < -0.3 is 15.5 Å². The van der Waals surface area contributed by atoms with Crippen molar-refractivity contribution >= 4 is 11.9 Å². The third kappa shape index (κ3) is 3.75. The maximum Gasteiger partial charge on any atom is 0.325 e. The van der Waals surface area contributed by atoms with Gasteiger partial charge in [0.1, 0.15) is 23.8 Å². The number of nitrogens with one attached hydrogen (secondary N) is 1. The first kappa shape index (κ1) is 14.4. The monoisotopic (exact) mass is 294 g/mol. The predicted octanol–water partition coefficient (Wildman–Crippen LogP) is 0.137. The second-order valence-corrected chi connectivity index (χ2v) is 4.15. The van der Waals surface area contributed by atoms with Crippen LogP contribution in [-0.4, -0.2) is 37.1 Å². The van der Waals surface area contributed by atoms with Crippen LogP contribution >= 0.6 is 0 Å². The molecule has 0 saturated carbocycles. The maximum absolute atomic E-state index is 13.5. The molecule has 1 aromatic heterocycles. The minimum atomic E-state index is -1.07. The number of phenols is 1. The normalized spacial score (nSPS) is 10.3. The van der Waals surface area contributed by atoms with Crippen molar-refractivity contribution in [3.8, 4) is 5.75 Å². The van der Waals surface area contributed by atoms with Crippen molar-refractivity contribution in [2.75, 3.05) is 0 Å². The average Bonchev–Trinajstić information content (AvgIpc) is 2.82. The van der Waals surface area contributed by atoms with E-state index < -0.39 is 17.7 Å². The van der Waals surface area contributed by atoms with Gasteiger partial charge in [-0.25, -0.2) is 9.07 Å². The summed E-state index contributed by atoms with van der Waals surface area (Å²) in [5.74, 6) is -2.87. The molecule has 0 radical (unpaired) electrons. The molecule has 0 spiro atoms. The number of rotatable bonds is 5. The van der Waals surface area contributed by atoms with E-state index in [1.165, 1.54) is 12.3 Å². The van der Waals surface area contributed by atoms with Crippen LogP contribution in [0.25, 0.3) is 0 Å². The van der Waals surface area contributed by atoms with Crippen molar-refractivity contribution in [1.82, 2.24) is 20.3 Å². The van der Waals surface area contributed by atoms with Crippen LogP contribution < -0.4 is 5.32 Å². The van der Waals surface area contributed by atoms with Gasteiger partial charge in [-0.05, 0) is 12.1 Å². The van der Waals surface area contributed by atoms with Crippen LogP contribution in [0.15, 0.2) is 24.4 Å². The van der Waals surface area contributed by atoms with E-state index in [-0.39, 0.29) is 24.4 Å². The molecule has 0 aliphatic rings. The van der Waals surface area contributed by atoms with E-state index in [0.717, 1.165) is 16.8 Å². The molecule has 0 unspecified atom stereocenters. The minimum absolute atomic E-state index is 0.0290. The van der Waals surface area contributed by atoms with Crippen molar-refractivity contribution in [1.29, 1.82) is 0 Å². The topological polar surface area (TPSA) is 117 Å². The Morgan fingerprint density at radius 1 is 1.38 bits per heavy atom. The van der Waals surface area contributed by atoms with Crippen molar-refractivity contribution in [2.24, 2.45) is 0 Å². The summed E-state index contributed by atoms with van der Waals surface area (Å²) in [4.78, 5) is 22.2. The van der Waals surface area contributed by atoms with Gasteiger partial charge in [0.2, 0.25) is 0 Å². The molecular formula is C12H11FN4O4. The molecule has 0 bridgehead atoms. The molecule has 2 aromatic rings. The minimum Gasteiger partial charge on any atom is -0.508 e. The summed E-state index contributed by atoms with van der Waals surface area (Å²) in [5, 5.41) is 27.3. The quantitative estimate of drug-likeness (QED) is 0.722. The average molecular weight is 294 g/mol. The first-order valence-corrected chi connectivity index (χ1v) is 5.83. The highest BCUT2D eigenvalue weighted by Gasteiger charge is 2.13. The van der Waals surface area contributed by atoms with E-state index in [9.17, 15) is 14.0 Å². The Kier molecular flexibility index (Phi) is 4.12. The van der Waals surface area contributed by atoms with Gasteiger partial charge in [0.15, 0.2) is 0 Å². The number of aliphatic carboxylic acids is 1. The number of aromatic hydroxyl groups is 1. The maximum atomic E-state index is 13.5. The number of nitrogens with zero attached hydrogens (tertiary/aromatic N) is 3. The second kappa shape index (κ2) is 5.99. The summed E-state index contributed by atoms with van der Waals surface area (Å²) in [5.41, 5.74) is 0.120. The first-order chi connectivity index (χ1) is 9.95. The summed E-state index contributed by atoms with van der Waals surface area (Å²) < 4.78 is 14.6. The standard InChI is InChI=1S/C12H11FN4O4/c13-10-3-8(18)1-2-9(10)12(21)14-4-7-5-17(16-15-7)6-11(19)20/h1-3,5,18H,4,6H2,(H,14,21)(H,19,20). The number of carbonyl (C=O) groups excluding carboxylic acids is 1. The van der Waals surface area contributed by atoms with Crippen LogP contribution in [0.4, 0.5) is 4.39 Å². The van der Waals surface area contributed by atoms with Gasteiger partial charge in [-0.3, -0.25) is 9.59 Å². The van der Waals surface area contributed by atoms with Gasteiger partial charge in [-0.15, -0.1) is 5.10 Å². The van der Waals surface area contributed by atoms with E-state index in [0.29, 0.717) is 5.69 Å². The number of aromatic nitrogens is 3. The van der Waals surface area contributed by atoms with Crippen LogP contribution in [0.2, 0.25) is 0 Å². The SMILES string of the molecule is O=C(O)Cn1cc(CNC(=O)c2ccc(O)cc2F)nn1. The van der Waals surface area contributed by atoms with Crippen LogP contribution in [0.1, 0.15) is 16.1 Å². The molecule has 0 saturated heterocycles. The summed E-state index contributed by atoms with van der Waals surface area (Å²) in [6.45, 7) is -0.369. The van der Waals surface area contributed by atoms with Crippen LogP contribution in [0, 0.1) is 5.82 Å². The smallest absolute Gasteiger partial charge is 0.325 e. The second-order valence-electron chi connectivity index (χ2n) is 4.15. The number of carboxylic acid groups (broad SMARTS) is 1. The largest absolute Gasteiger partial charge is 0.508 e. The Bertz CT molecular complexity index is 686. The molecule has 0 aliphatic carbocycles.